The first kappa shape index (κ1) is 13.5. The Morgan fingerprint density at radius 3 is 2.65 bits per heavy atom. The van der Waals surface area contributed by atoms with E-state index in [1.54, 1.807) is 4.57 Å². The van der Waals surface area contributed by atoms with Crippen molar-refractivity contribution < 1.29 is 4.79 Å². The van der Waals surface area contributed by atoms with Gasteiger partial charge in [-0.3, -0.25) is 9.36 Å². The molecule has 1 aromatic rings. The molecule has 0 aromatic carbocycles. The number of aromatic amines is 1. The van der Waals surface area contributed by atoms with E-state index >= 15 is 0 Å². The van der Waals surface area contributed by atoms with Crippen molar-refractivity contribution in [2.45, 2.75) is 46.6 Å². The number of aromatic nitrogens is 2. The van der Waals surface area contributed by atoms with Gasteiger partial charge in [-0.15, -0.1) is 0 Å². The molecule has 5 nitrogen and oxygen atoms in total. The summed E-state index contributed by atoms with van der Waals surface area (Å²) in [6.07, 6.45) is 2.41. The summed E-state index contributed by atoms with van der Waals surface area (Å²) in [5, 5.41) is 2.84. The summed E-state index contributed by atoms with van der Waals surface area (Å²) in [5.41, 5.74) is 1.62. The van der Waals surface area contributed by atoms with Gasteiger partial charge in [-0.05, 0) is 20.3 Å². The summed E-state index contributed by atoms with van der Waals surface area (Å²) in [6, 6.07) is 0. The zero-order chi connectivity index (χ0) is 12.8. The minimum atomic E-state index is -0.138. The number of nitrogens with one attached hydrogen (secondary N) is 2. The molecule has 0 aliphatic rings. The van der Waals surface area contributed by atoms with Crippen molar-refractivity contribution in [1.82, 2.24) is 14.9 Å². The first-order chi connectivity index (χ1) is 8.06. The zero-order valence-electron chi connectivity index (χ0n) is 10.8. The van der Waals surface area contributed by atoms with Gasteiger partial charge in [-0.1, -0.05) is 13.3 Å². The number of imidazole rings is 1. The molecule has 0 unspecified atom stereocenters. The summed E-state index contributed by atoms with van der Waals surface area (Å²) < 4.78 is 1.61. The van der Waals surface area contributed by atoms with Gasteiger partial charge in [-0.25, -0.2) is 4.79 Å². The van der Waals surface area contributed by atoms with E-state index in [2.05, 4.69) is 17.2 Å². The van der Waals surface area contributed by atoms with E-state index in [1.165, 1.54) is 0 Å². The quantitative estimate of drug-likeness (QED) is 0.730. The highest BCUT2D eigenvalue weighted by atomic mass is 16.2. The molecule has 1 amide bonds. The van der Waals surface area contributed by atoms with Crippen molar-refractivity contribution in [3.05, 3.63) is 21.9 Å². The number of hydrogen-bond donors (Lipinski definition) is 2. The molecule has 0 radical (unpaired) electrons. The highest BCUT2D eigenvalue weighted by Gasteiger charge is 2.08. The van der Waals surface area contributed by atoms with Crippen LogP contribution in [0.25, 0.3) is 0 Å². The van der Waals surface area contributed by atoms with Crippen LogP contribution in [0.2, 0.25) is 0 Å². The molecule has 1 aromatic heterocycles. The normalized spacial score (nSPS) is 10.5. The van der Waals surface area contributed by atoms with Crippen LogP contribution in [0.1, 0.15) is 37.6 Å². The molecule has 0 aliphatic heterocycles. The highest BCUT2D eigenvalue weighted by molar-refractivity contribution is 5.75. The van der Waals surface area contributed by atoms with Gasteiger partial charge in [0.15, 0.2) is 0 Å². The minimum absolute atomic E-state index is 0.00334. The van der Waals surface area contributed by atoms with Gasteiger partial charge in [0.25, 0.3) is 0 Å². The van der Waals surface area contributed by atoms with Gasteiger partial charge in [0, 0.05) is 30.9 Å². The largest absolute Gasteiger partial charge is 0.356 e. The molecule has 17 heavy (non-hydrogen) atoms. The average molecular weight is 239 g/mol. The van der Waals surface area contributed by atoms with Crippen LogP contribution in [0, 0.1) is 13.8 Å². The van der Waals surface area contributed by atoms with Crippen LogP contribution in [-0.2, 0) is 11.3 Å². The van der Waals surface area contributed by atoms with Crippen LogP contribution in [0.3, 0.4) is 0 Å². The number of amides is 1. The number of H-pyrrole nitrogens is 1. The molecule has 0 bridgehead atoms. The third-order valence-electron chi connectivity index (χ3n) is 2.90. The van der Waals surface area contributed by atoms with Gasteiger partial charge in [0.1, 0.15) is 0 Å². The van der Waals surface area contributed by atoms with Crippen LogP contribution in [-0.4, -0.2) is 22.0 Å². The second kappa shape index (κ2) is 6.27. The average Bonchev–Trinajstić information content (AvgIpc) is 2.51. The SMILES string of the molecule is CCCCNC(=O)CCn1c(C)c(C)[nH]c1=O. The number of hydrogen-bond acceptors (Lipinski definition) is 2. The Morgan fingerprint density at radius 2 is 2.12 bits per heavy atom. The maximum atomic E-state index is 11.5. The fraction of sp³-hybridized carbons (Fsp3) is 0.667. The first-order valence-corrected chi connectivity index (χ1v) is 6.09. The molecular formula is C12H21N3O2. The van der Waals surface area contributed by atoms with E-state index < -0.39 is 0 Å². The van der Waals surface area contributed by atoms with E-state index in [1.807, 2.05) is 13.8 Å². The summed E-state index contributed by atoms with van der Waals surface area (Å²) in [6.45, 7) is 6.97. The van der Waals surface area contributed by atoms with Crippen LogP contribution in [0.15, 0.2) is 4.79 Å². The fourth-order valence-electron chi connectivity index (χ4n) is 1.65. The summed E-state index contributed by atoms with van der Waals surface area (Å²) in [7, 11) is 0. The standard InChI is InChI=1S/C12H21N3O2/c1-4-5-7-13-11(16)6-8-15-10(3)9(2)14-12(15)17/h4-8H2,1-3H3,(H,13,16)(H,14,17). The van der Waals surface area contributed by atoms with Crippen LogP contribution >= 0.6 is 0 Å². The van der Waals surface area contributed by atoms with Gasteiger partial charge in [0.2, 0.25) is 5.91 Å². The smallest absolute Gasteiger partial charge is 0.325 e. The molecule has 0 fully saturated rings. The van der Waals surface area contributed by atoms with Crippen LogP contribution in [0.5, 0.6) is 0 Å². The lowest BCUT2D eigenvalue weighted by atomic mass is 10.3. The summed E-state index contributed by atoms with van der Waals surface area (Å²) in [5.74, 6) is 0.00334. The predicted octanol–water partition coefficient (Wildman–Crippen LogP) is 1.10. The zero-order valence-corrected chi connectivity index (χ0v) is 10.8. The number of rotatable bonds is 6. The Kier molecular flexibility index (Phi) is 5.00. The van der Waals surface area contributed by atoms with Crippen molar-refractivity contribution in [2.24, 2.45) is 0 Å². The summed E-state index contributed by atoms with van der Waals surface area (Å²) in [4.78, 5) is 25.7. The lowest BCUT2D eigenvalue weighted by Gasteiger charge is -2.06. The maximum absolute atomic E-state index is 11.5. The van der Waals surface area contributed by atoms with Gasteiger partial charge < -0.3 is 10.3 Å². The highest BCUT2D eigenvalue weighted by Crippen LogP contribution is 2.01. The number of carbonyl (C=O) groups excluding carboxylic acids is 1. The number of unbranched alkanes of at least 4 members (excludes halogenated alkanes) is 1. The number of carbonyl (C=O) groups is 1. The van der Waals surface area contributed by atoms with Gasteiger partial charge in [0.05, 0.1) is 0 Å². The molecule has 0 saturated carbocycles. The molecule has 96 valence electrons. The van der Waals surface area contributed by atoms with Crippen molar-refractivity contribution in [3.8, 4) is 0 Å². The molecule has 1 heterocycles. The van der Waals surface area contributed by atoms with Gasteiger partial charge >= 0.3 is 5.69 Å². The number of nitrogens with zero attached hydrogens (tertiary/aromatic N) is 1. The minimum Gasteiger partial charge on any atom is -0.356 e. The predicted molar refractivity (Wildman–Crippen MR) is 67.1 cm³/mol. The molecule has 1 rings (SSSR count). The van der Waals surface area contributed by atoms with Crippen molar-refractivity contribution in [2.75, 3.05) is 6.54 Å². The second-order valence-electron chi connectivity index (χ2n) is 4.25. The number of aryl methyl sites for hydroxylation is 1. The van der Waals surface area contributed by atoms with Crippen LogP contribution in [0.4, 0.5) is 0 Å². The molecule has 5 heteroatoms. The Labute approximate surface area is 101 Å². The van der Waals surface area contributed by atoms with Crippen molar-refractivity contribution >= 4 is 5.91 Å². The van der Waals surface area contributed by atoms with E-state index in [0.717, 1.165) is 30.8 Å². The molecule has 0 atom stereocenters. The molecule has 2 N–H and O–H groups in total. The molecule has 0 saturated heterocycles. The first-order valence-electron chi connectivity index (χ1n) is 6.09. The van der Waals surface area contributed by atoms with Crippen molar-refractivity contribution in [3.63, 3.8) is 0 Å². The Morgan fingerprint density at radius 1 is 1.41 bits per heavy atom. The third-order valence-corrected chi connectivity index (χ3v) is 2.90. The lowest BCUT2D eigenvalue weighted by molar-refractivity contribution is -0.121. The van der Waals surface area contributed by atoms with Crippen molar-refractivity contribution in [1.29, 1.82) is 0 Å². The maximum Gasteiger partial charge on any atom is 0.325 e. The molecular weight excluding hydrogens is 218 g/mol. The topological polar surface area (TPSA) is 66.9 Å². The van der Waals surface area contributed by atoms with Crippen LogP contribution < -0.4 is 11.0 Å². The molecule has 0 spiro atoms. The summed E-state index contributed by atoms with van der Waals surface area (Å²) >= 11 is 0. The lowest BCUT2D eigenvalue weighted by Crippen LogP contribution is -2.27. The second-order valence-corrected chi connectivity index (χ2v) is 4.25. The fourth-order valence-corrected chi connectivity index (χ4v) is 1.65. The Balaban J connectivity index is 2.45. The monoisotopic (exact) mass is 239 g/mol. The van der Waals surface area contributed by atoms with E-state index in [4.69, 9.17) is 0 Å². The Bertz CT molecular complexity index is 431. The van der Waals surface area contributed by atoms with E-state index in [0.29, 0.717) is 13.0 Å². The van der Waals surface area contributed by atoms with E-state index in [9.17, 15) is 9.59 Å². The van der Waals surface area contributed by atoms with E-state index in [-0.39, 0.29) is 11.6 Å². The van der Waals surface area contributed by atoms with Gasteiger partial charge in [-0.2, -0.15) is 0 Å². The third kappa shape index (κ3) is 3.76. The molecule has 0 aliphatic carbocycles. The Hall–Kier alpha value is -1.52.